The fourth-order valence-corrected chi connectivity index (χ4v) is 2.50. The van der Waals surface area contributed by atoms with Crippen molar-refractivity contribution < 1.29 is 4.79 Å². The van der Waals surface area contributed by atoms with Crippen LogP contribution in [0.25, 0.3) is 5.69 Å². The summed E-state index contributed by atoms with van der Waals surface area (Å²) in [5, 5.41) is 11.0. The van der Waals surface area contributed by atoms with Crippen LogP contribution in [0, 0.1) is 13.8 Å². The van der Waals surface area contributed by atoms with Crippen molar-refractivity contribution in [2.75, 3.05) is 5.32 Å². The number of nitrogens with zero attached hydrogens (tertiary/aromatic N) is 4. The van der Waals surface area contributed by atoms with Crippen molar-refractivity contribution in [3.8, 4) is 5.69 Å². The highest BCUT2D eigenvalue weighted by Crippen LogP contribution is 2.22. The molecule has 0 fully saturated rings. The maximum Gasteiger partial charge on any atom is 0.269 e. The van der Waals surface area contributed by atoms with Gasteiger partial charge >= 0.3 is 0 Å². The second-order valence-electron chi connectivity index (χ2n) is 4.59. The van der Waals surface area contributed by atoms with Crippen LogP contribution in [0.5, 0.6) is 0 Å². The molecule has 0 atom stereocenters. The van der Waals surface area contributed by atoms with Gasteiger partial charge in [0.05, 0.1) is 23.3 Å². The van der Waals surface area contributed by atoms with Crippen LogP contribution in [-0.4, -0.2) is 25.3 Å². The molecule has 6 nitrogen and oxygen atoms in total. The fourth-order valence-electron chi connectivity index (χ4n) is 2.09. The molecule has 0 bridgehead atoms. The van der Waals surface area contributed by atoms with Gasteiger partial charge in [-0.15, -0.1) is 5.10 Å². The van der Waals surface area contributed by atoms with E-state index in [2.05, 4.69) is 20.0 Å². The number of hydrogen-bond donors (Lipinski definition) is 1. The zero-order valence-electron chi connectivity index (χ0n) is 11.6. The second kappa shape index (κ2) is 5.45. The van der Waals surface area contributed by atoms with Crippen LogP contribution in [0.1, 0.15) is 21.1 Å². The molecule has 0 saturated carbocycles. The van der Waals surface area contributed by atoms with Gasteiger partial charge in [-0.05, 0) is 43.6 Å². The smallest absolute Gasteiger partial charge is 0.269 e. The summed E-state index contributed by atoms with van der Waals surface area (Å²) in [7, 11) is 0. The molecule has 0 unspecified atom stereocenters. The van der Waals surface area contributed by atoms with Crippen molar-refractivity contribution >= 4 is 23.1 Å². The molecule has 7 heteroatoms. The number of benzene rings is 1. The number of para-hydroxylation sites is 2. The molecule has 0 spiro atoms. The summed E-state index contributed by atoms with van der Waals surface area (Å²) in [6.07, 6.45) is 1.45. The monoisotopic (exact) mass is 299 g/mol. The van der Waals surface area contributed by atoms with Gasteiger partial charge in [-0.25, -0.2) is 4.68 Å². The van der Waals surface area contributed by atoms with Crippen molar-refractivity contribution in [1.82, 2.24) is 19.4 Å². The Morgan fingerprint density at radius 2 is 2.10 bits per heavy atom. The third-order valence-electron chi connectivity index (χ3n) is 2.98. The van der Waals surface area contributed by atoms with Crippen LogP contribution >= 0.6 is 11.5 Å². The number of anilines is 1. The molecule has 3 aromatic rings. The van der Waals surface area contributed by atoms with Crippen molar-refractivity contribution in [3.63, 3.8) is 0 Å². The average Bonchev–Trinajstić information content (AvgIpc) is 3.09. The van der Waals surface area contributed by atoms with E-state index in [4.69, 9.17) is 0 Å². The Bertz CT molecular complexity index is 779. The van der Waals surface area contributed by atoms with Gasteiger partial charge in [0.1, 0.15) is 4.88 Å². The minimum atomic E-state index is -0.223. The SMILES string of the molecule is Cc1cc(C)n(-c2ccccc2NC(=O)c2cnns2)n1. The van der Waals surface area contributed by atoms with E-state index in [1.165, 1.54) is 6.20 Å². The number of carbonyl (C=O) groups is 1. The van der Waals surface area contributed by atoms with Crippen molar-refractivity contribution in [3.05, 3.63) is 52.8 Å². The van der Waals surface area contributed by atoms with Gasteiger partial charge in [-0.2, -0.15) is 5.10 Å². The summed E-state index contributed by atoms with van der Waals surface area (Å²) in [6.45, 7) is 3.92. The van der Waals surface area contributed by atoms with Crippen LogP contribution in [0.2, 0.25) is 0 Å². The van der Waals surface area contributed by atoms with Crippen LogP contribution in [0.15, 0.2) is 36.5 Å². The molecule has 1 N–H and O–H groups in total. The zero-order chi connectivity index (χ0) is 14.8. The summed E-state index contributed by atoms with van der Waals surface area (Å²) < 4.78 is 5.51. The summed E-state index contributed by atoms with van der Waals surface area (Å²) in [5.74, 6) is -0.223. The number of carbonyl (C=O) groups excluding carboxylic acids is 1. The van der Waals surface area contributed by atoms with E-state index >= 15 is 0 Å². The molecule has 0 radical (unpaired) electrons. The normalized spacial score (nSPS) is 10.6. The van der Waals surface area contributed by atoms with Gasteiger partial charge in [0.25, 0.3) is 5.91 Å². The fraction of sp³-hybridized carbons (Fsp3) is 0.143. The summed E-state index contributed by atoms with van der Waals surface area (Å²) in [4.78, 5) is 12.6. The maximum absolute atomic E-state index is 12.1. The molecule has 2 aromatic heterocycles. The Morgan fingerprint density at radius 3 is 2.76 bits per heavy atom. The number of amides is 1. The first-order chi connectivity index (χ1) is 10.1. The molecule has 1 amide bonds. The van der Waals surface area contributed by atoms with E-state index in [9.17, 15) is 4.79 Å². The number of nitrogens with one attached hydrogen (secondary N) is 1. The molecular formula is C14H13N5OS. The predicted octanol–water partition coefficient (Wildman–Crippen LogP) is 2.59. The highest BCUT2D eigenvalue weighted by molar-refractivity contribution is 7.07. The van der Waals surface area contributed by atoms with Crippen molar-refractivity contribution in [2.24, 2.45) is 0 Å². The zero-order valence-corrected chi connectivity index (χ0v) is 12.4. The van der Waals surface area contributed by atoms with Gasteiger partial charge < -0.3 is 5.32 Å². The highest BCUT2D eigenvalue weighted by atomic mass is 32.1. The first kappa shape index (κ1) is 13.4. The first-order valence-corrected chi connectivity index (χ1v) is 7.14. The second-order valence-corrected chi connectivity index (χ2v) is 5.38. The lowest BCUT2D eigenvalue weighted by atomic mass is 10.2. The summed E-state index contributed by atoms with van der Waals surface area (Å²) in [6, 6.07) is 9.54. The lowest BCUT2D eigenvalue weighted by molar-refractivity contribution is 0.103. The van der Waals surface area contributed by atoms with Gasteiger partial charge in [-0.1, -0.05) is 16.6 Å². The molecule has 0 aliphatic rings. The van der Waals surface area contributed by atoms with Crippen LogP contribution < -0.4 is 5.32 Å². The minimum absolute atomic E-state index is 0.223. The molecule has 21 heavy (non-hydrogen) atoms. The molecule has 0 aliphatic carbocycles. The summed E-state index contributed by atoms with van der Waals surface area (Å²) >= 11 is 1.06. The first-order valence-electron chi connectivity index (χ1n) is 6.36. The van der Waals surface area contributed by atoms with E-state index in [0.717, 1.165) is 28.6 Å². The van der Waals surface area contributed by atoms with Gasteiger partial charge in [0.2, 0.25) is 0 Å². The lowest BCUT2D eigenvalue weighted by Crippen LogP contribution is -2.13. The van der Waals surface area contributed by atoms with E-state index in [1.54, 1.807) is 0 Å². The third-order valence-corrected chi connectivity index (χ3v) is 3.64. The molecule has 0 aliphatic heterocycles. The number of rotatable bonds is 3. The standard InChI is InChI=1S/C14H13N5OS/c1-9-7-10(2)19(17-9)12-6-4-3-5-11(12)16-14(20)13-8-15-18-21-13/h3-8H,1-2H3,(H,16,20). The van der Waals surface area contributed by atoms with Crippen LogP contribution in [-0.2, 0) is 0 Å². The molecule has 106 valence electrons. The summed E-state index contributed by atoms with van der Waals surface area (Å²) in [5.41, 5.74) is 3.46. The minimum Gasteiger partial charge on any atom is -0.319 e. The molecule has 0 saturated heterocycles. The Hall–Kier alpha value is -2.54. The topological polar surface area (TPSA) is 72.7 Å². The molecule has 3 rings (SSSR count). The van der Waals surface area contributed by atoms with Crippen LogP contribution in [0.4, 0.5) is 5.69 Å². The average molecular weight is 299 g/mol. The van der Waals surface area contributed by atoms with Crippen molar-refractivity contribution in [1.29, 1.82) is 0 Å². The van der Waals surface area contributed by atoms with Gasteiger partial charge in [-0.3, -0.25) is 4.79 Å². The molecule has 1 aromatic carbocycles. The quantitative estimate of drug-likeness (QED) is 0.807. The number of aryl methyl sites for hydroxylation is 2. The lowest BCUT2D eigenvalue weighted by Gasteiger charge is -2.11. The Balaban J connectivity index is 1.97. The van der Waals surface area contributed by atoms with E-state index in [0.29, 0.717) is 10.6 Å². The molecular weight excluding hydrogens is 286 g/mol. The number of hydrogen-bond acceptors (Lipinski definition) is 5. The van der Waals surface area contributed by atoms with E-state index < -0.39 is 0 Å². The van der Waals surface area contributed by atoms with E-state index in [-0.39, 0.29) is 5.91 Å². The van der Waals surface area contributed by atoms with Crippen molar-refractivity contribution in [2.45, 2.75) is 13.8 Å². The van der Waals surface area contributed by atoms with Gasteiger partial charge in [0.15, 0.2) is 0 Å². The largest absolute Gasteiger partial charge is 0.319 e. The Morgan fingerprint density at radius 1 is 1.29 bits per heavy atom. The van der Waals surface area contributed by atoms with Crippen LogP contribution in [0.3, 0.4) is 0 Å². The maximum atomic E-state index is 12.1. The van der Waals surface area contributed by atoms with Gasteiger partial charge in [0, 0.05) is 5.69 Å². The Kier molecular flexibility index (Phi) is 3.49. The predicted molar refractivity (Wildman–Crippen MR) is 80.9 cm³/mol. The third kappa shape index (κ3) is 2.68. The van der Waals surface area contributed by atoms with E-state index in [1.807, 2.05) is 48.9 Å². The Labute approximate surface area is 125 Å². The molecule has 2 heterocycles. The highest BCUT2D eigenvalue weighted by Gasteiger charge is 2.13. The number of aromatic nitrogens is 4.